The smallest absolute Gasteiger partial charge is 0.371 e. The van der Waals surface area contributed by atoms with Gasteiger partial charge in [-0.25, -0.2) is 17.9 Å². The predicted molar refractivity (Wildman–Crippen MR) is 69.5 cm³/mol. The van der Waals surface area contributed by atoms with Crippen LogP contribution in [0.2, 0.25) is 0 Å². The lowest BCUT2D eigenvalue weighted by Gasteiger charge is -2.02. The number of halogens is 1. The Labute approximate surface area is 120 Å². The van der Waals surface area contributed by atoms with E-state index in [-0.39, 0.29) is 16.1 Å². The van der Waals surface area contributed by atoms with Gasteiger partial charge < -0.3 is 9.52 Å². The Hall–Kier alpha value is -1.23. The van der Waals surface area contributed by atoms with Gasteiger partial charge in [0.1, 0.15) is 4.90 Å². The number of furan rings is 1. The van der Waals surface area contributed by atoms with Crippen LogP contribution in [-0.4, -0.2) is 24.5 Å². The van der Waals surface area contributed by atoms with E-state index in [1.165, 1.54) is 11.3 Å². The summed E-state index contributed by atoms with van der Waals surface area (Å²) in [6.07, 6.45) is 1.54. The first-order valence-corrected chi connectivity index (χ1v) is 7.95. The lowest BCUT2D eigenvalue weighted by molar-refractivity contribution is 0.0661. The molecular weight excluding hydrogens is 360 g/mol. The second kappa shape index (κ2) is 5.41. The molecule has 2 rings (SSSR count). The van der Waals surface area contributed by atoms with Crippen LogP contribution in [0.1, 0.15) is 15.4 Å². The highest BCUT2D eigenvalue weighted by Gasteiger charge is 2.24. The van der Waals surface area contributed by atoms with Gasteiger partial charge in [-0.05, 0) is 15.9 Å². The van der Waals surface area contributed by atoms with E-state index < -0.39 is 21.8 Å². The van der Waals surface area contributed by atoms with Gasteiger partial charge in [0.15, 0.2) is 4.67 Å². The zero-order chi connectivity index (χ0) is 14.0. The predicted octanol–water partition coefficient (Wildman–Crippen LogP) is 1.68. The minimum Gasteiger partial charge on any atom is -0.475 e. The molecule has 0 fully saturated rings. The van der Waals surface area contributed by atoms with Crippen LogP contribution < -0.4 is 4.72 Å². The summed E-state index contributed by atoms with van der Waals surface area (Å²) in [6.45, 7) is 0.0764. The Bertz CT molecular complexity index is 692. The maximum Gasteiger partial charge on any atom is 0.371 e. The maximum absolute atomic E-state index is 12.0. The Balaban J connectivity index is 2.22. The van der Waals surface area contributed by atoms with Gasteiger partial charge in [0.05, 0.1) is 5.51 Å². The molecule has 0 radical (unpaired) electrons. The Morgan fingerprint density at radius 3 is 2.84 bits per heavy atom. The third-order valence-corrected chi connectivity index (χ3v) is 5.11. The molecule has 0 unspecified atom stereocenters. The number of carboxylic acids is 1. The zero-order valence-corrected chi connectivity index (χ0v) is 12.4. The molecule has 0 atom stereocenters. The zero-order valence-electron chi connectivity index (χ0n) is 9.16. The van der Waals surface area contributed by atoms with Crippen LogP contribution >= 0.6 is 27.3 Å². The summed E-state index contributed by atoms with van der Waals surface area (Å²) in [7, 11) is -3.85. The molecule has 2 aromatic rings. The number of aromatic nitrogens is 1. The highest BCUT2D eigenvalue weighted by Crippen LogP contribution is 2.26. The number of hydrogen-bond donors (Lipinski definition) is 2. The van der Waals surface area contributed by atoms with Gasteiger partial charge in [0.2, 0.25) is 15.8 Å². The van der Waals surface area contributed by atoms with E-state index in [4.69, 9.17) is 9.52 Å². The van der Waals surface area contributed by atoms with Gasteiger partial charge in [-0.1, -0.05) is 0 Å². The minimum absolute atomic E-state index is 0.0764. The number of carboxylic acid groups (broad SMARTS) is 1. The van der Waals surface area contributed by atoms with Crippen LogP contribution in [0.3, 0.4) is 0 Å². The van der Waals surface area contributed by atoms with Crippen LogP contribution in [-0.2, 0) is 16.6 Å². The van der Waals surface area contributed by atoms with E-state index in [1.807, 2.05) is 0 Å². The van der Waals surface area contributed by atoms with Crippen LogP contribution in [0.5, 0.6) is 0 Å². The maximum atomic E-state index is 12.0. The molecule has 2 aromatic heterocycles. The highest BCUT2D eigenvalue weighted by molar-refractivity contribution is 9.10. The molecule has 0 aliphatic heterocycles. The molecule has 0 aliphatic rings. The van der Waals surface area contributed by atoms with Crippen molar-refractivity contribution in [3.8, 4) is 0 Å². The third-order valence-electron chi connectivity index (χ3n) is 2.08. The van der Waals surface area contributed by atoms with E-state index in [0.29, 0.717) is 0 Å². The average molecular weight is 367 g/mol. The van der Waals surface area contributed by atoms with Crippen molar-refractivity contribution < 1.29 is 22.7 Å². The van der Waals surface area contributed by atoms with Crippen molar-refractivity contribution in [3.05, 3.63) is 33.1 Å². The van der Waals surface area contributed by atoms with E-state index >= 15 is 0 Å². The fraction of sp³-hybridized carbons (Fsp3) is 0.111. The monoisotopic (exact) mass is 366 g/mol. The number of sulfonamides is 1. The van der Waals surface area contributed by atoms with Gasteiger partial charge in [0.25, 0.3) is 0 Å². The molecule has 10 heteroatoms. The number of aromatic carboxylic acids is 1. The highest BCUT2D eigenvalue weighted by atomic mass is 79.9. The van der Waals surface area contributed by atoms with Gasteiger partial charge >= 0.3 is 5.97 Å². The largest absolute Gasteiger partial charge is 0.475 e. The molecule has 2 heterocycles. The fourth-order valence-electron chi connectivity index (χ4n) is 1.21. The number of carbonyl (C=O) groups is 1. The van der Waals surface area contributed by atoms with Crippen molar-refractivity contribution in [3.63, 3.8) is 0 Å². The summed E-state index contributed by atoms with van der Waals surface area (Å²) >= 11 is 4.19. The van der Waals surface area contributed by atoms with Gasteiger partial charge in [-0.15, -0.1) is 11.3 Å². The summed E-state index contributed by atoms with van der Waals surface area (Å²) in [5.74, 6) is -1.80. The molecule has 0 amide bonds. The quantitative estimate of drug-likeness (QED) is 0.832. The lowest BCUT2D eigenvalue weighted by Crippen LogP contribution is -2.22. The molecule has 0 aromatic carbocycles. The fourth-order valence-corrected chi connectivity index (χ4v) is 3.78. The normalized spacial score (nSPS) is 11.6. The summed E-state index contributed by atoms with van der Waals surface area (Å²) in [4.78, 5) is 15.0. The Kier molecular flexibility index (Phi) is 4.04. The van der Waals surface area contributed by atoms with Crippen LogP contribution in [0, 0.1) is 0 Å². The van der Waals surface area contributed by atoms with Crippen LogP contribution in [0.25, 0.3) is 0 Å². The molecule has 0 spiro atoms. The number of thiazole rings is 1. The van der Waals surface area contributed by atoms with E-state index in [9.17, 15) is 13.2 Å². The number of nitrogens with one attached hydrogen (secondary N) is 1. The van der Waals surface area contributed by atoms with Gasteiger partial charge in [0, 0.05) is 23.7 Å². The molecule has 19 heavy (non-hydrogen) atoms. The summed E-state index contributed by atoms with van der Waals surface area (Å²) in [5.41, 5.74) is 1.58. The van der Waals surface area contributed by atoms with Crippen molar-refractivity contribution in [1.82, 2.24) is 9.71 Å². The molecule has 0 aliphatic carbocycles. The lowest BCUT2D eigenvalue weighted by atomic mass is 10.5. The molecular formula is C9H7BrN2O5S2. The SMILES string of the molecule is O=C(O)c1cc(S(=O)(=O)NCc2cncs2)c(Br)o1. The standard InChI is InChI=1S/C9H7BrN2O5S2/c10-8-7(1-6(17-8)9(13)14)19(15,16)12-3-5-2-11-4-18-5/h1-2,4,12H,3H2,(H,13,14). The van der Waals surface area contributed by atoms with Gasteiger partial charge in [-0.2, -0.15) is 0 Å². The molecule has 0 saturated carbocycles. The Morgan fingerprint density at radius 1 is 1.58 bits per heavy atom. The second-order valence-corrected chi connectivity index (χ2v) is 6.77. The first kappa shape index (κ1) is 14.2. The molecule has 7 nitrogen and oxygen atoms in total. The van der Waals surface area contributed by atoms with Crippen molar-refractivity contribution in [2.45, 2.75) is 11.4 Å². The number of rotatable bonds is 5. The minimum atomic E-state index is -3.85. The van der Waals surface area contributed by atoms with Crippen LogP contribution in [0.15, 0.2) is 31.8 Å². The van der Waals surface area contributed by atoms with E-state index in [0.717, 1.165) is 10.9 Å². The van der Waals surface area contributed by atoms with E-state index in [1.54, 1.807) is 11.7 Å². The average Bonchev–Trinajstić information content (AvgIpc) is 2.95. The van der Waals surface area contributed by atoms with Crippen molar-refractivity contribution in [2.24, 2.45) is 0 Å². The second-order valence-electron chi connectivity index (χ2n) is 3.35. The van der Waals surface area contributed by atoms with Crippen molar-refractivity contribution in [2.75, 3.05) is 0 Å². The molecule has 0 saturated heterocycles. The van der Waals surface area contributed by atoms with Crippen LogP contribution in [0.4, 0.5) is 0 Å². The summed E-state index contributed by atoms with van der Waals surface area (Å²) in [6, 6.07) is 0.946. The molecule has 2 N–H and O–H groups in total. The first-order valence-electron chi connectivity index (χ1n) is 4.80. The number of hydrogen-bond acceptors (Lipinski definition) is 6. The Morgan fingerprint density at radius 2 is 2.32 bits per heavy atom. The number of nitrogens with zero attached hydrogens (tertiary/aromatic N) is 1. The van der Waals surface area contributed by atoms with E-state index in [2.05, 4.69) is 25.6 Å². The first-order chi connectivity index (χ1) is 8.90. The topological polar surface area (TPSA) is 110 Å². The van der Waals surface area contributed by atoms with Crippen molar-refractivity contribution in [1.29, 1.82) is 0 Å². The molecule has 102 valence electrons. The van der Waals surface area contributed by atoms with Crippen molar-refractivity contribution >= 4 is 43.3 Å². The third kappa shape index (κ3) is 3.21. The summed E-state index contributed by atoms with van der Waals surface area (Å²) in [5, 5.41) is 8.73. The summed E-state index contributed by atoms with van der Waals surface area (Å²) < 4.78 is 30.9. The van der Waals surface area contributed by atoms with Gasteiger partial charge in [-0.3, -0.25) is 4.98 Å². The molecule has 0 bridgehead atoms.